The van der Waals surface area contributed by atoms with Crippen molar-refractivity contribution >= 4 is 11.0 Å². The van der Waals surface area contributed by atoms with Gasteiger partial charge in [-0.3, -0.25) is 4.90 Å². The molecule has 1 atom stereocenters. The van der Waals surface area contributed by atoms with E-state index in [1.807, 2.05) is 0 Å². The maximum Gasteiger partial charge on any atom is 0.124 e. The summed E-state index contributed by atoms with van der Waals surface area (Å²) in [6.45, 7) is 9.69. The molecule has 1 spiro atoms. The summed E-state index contributed by atoms with van der Waals surface area (Å²) >= 11 is 0. The average Bonchev–Trinajstić information content (AvgIpc) is 2.84. The number of rotatable bonds is 3. The van der Waals surface area contributed by atoms with Crippen LogP contribution in [0.4, 0.5) is 0 Å². The van der Waals surface area contributed by atoms with Gasteiger partial charge >= 0.3 is 0 Å². The van der Waals surface area contributed by atoms with Crippen molar-refractivity contribution in [2.45, 2.75) is 25.6 Å². The fourth-order valence-electron chi connectivity index (χ4n) is 3.85. The molecule has 1 aromatic heterocycles. The zero-order valence-corrected chi connectivity index (χ0v) is 14.3. The van der Waals surface area contributed by atoms with E-state index in [2.05, 4.69) is 46.0 Å². The molecule has 0 aliphatic carbocycles. The predicted molar refractivity (Wildman–Crippen MR) is 93.1 cm³/mol. The van der Waals surface area contributed by atoms with E-state index in [-0.39, 0.29) is 5.54 Å². The summed E-state index contributed by atoms with van der Waals surface area (Å²) in [5, 5.41) is 3.63. The van der Waals surface area contributed by atoms with Gasteiger partial charge in [0.05, 0.1) is 49.5 Å². The quantitative estimate of drug-likeness (QED) is 0.918. The number of para-hydroxylation sites is 2. The Morgan fingerprint density at radius 2 is 2.04 bits per heavy atom. The van der Waals surface area contributed by atoms with Gasteiger partial charge in [0.15, 0.2) is 0 Å². The SMILES string of the molecule is CCn1c(CN2CCOCC3(COCCN3)C2)nc2ccccc21. The third kappa shape index (κ3) is 3.07. The van der Waals surface area contributed by atoms with Crippen LogP contribution in [0.15, 0.2) is 24.3 Å². The first-order valence-corrected chi connectivity index (χ1v) is 8.87. The molecule has 6 nitrogen and oxygen atoms in total. The van der Waals surface area contributed by atoms with Gasteiger partial charge in [-0.25, -0.2) is 4.98 Å². The molecule has 1 unspecified atom stereocenters. The van der Waals surface area contributed by atoms with Gasteiger partial charge in [0, 0.05) is 26.2 Å². The Morgan fingerprint density at radius 1 is 1.21 bits per heavy atom. The first-order valence-electron chi connectivity index (χ1n) is 8.87. The second-order valence-corrected chi connectivity index (χ2v) is 6.78. The molecule has 6 heteroatoms. The van der Waals surface area contributed by atoms with Crippen LogP contribution in [0.5, 0.6) is 0 Å². The van der Waals surface area contributed by atoms with E-state index in [1.165, 1.54) is 5.52 Å². The lowest BCUT2D eigenvalue weighted by atomic mass is 10.00. The van der Waals surface area contributed by atoms with Crippen molar-refractivity contribution in [2.24, 2.45) is 0 Å². The fourth-order valence-corrected chi connectivity index (χ4v) is 3.85. The molecule has 4 rings (SSSR count). The van der Waals surface area contributed by atoms with Crippen LogP contribution in [-0.2, 0) is 22.6 Å². The number of hydrogen-bond donors (Lipinski definition) is 1. The largest absolute Gasteiger partial charge is 0.378 e. The molecule has 0 bridgehead atoms. The van der Waals surface area contributed by atoms with Crippen LogP contribution >= 0.6 is 0 Å². The molecule has 2 aromatic rings. The minimum Gasteiger partial charge on any atom is -0.378 e. The smallest absolute Gasteiger partial charge is 0.124 e. The summed E-state index contributed by atoms with van der Waals surface area (Å²) in [5.41, 5.74) is 2.21. The number of fused-ring (bicyclic) bond motifs is 1. The number of aryl methyl sites for hydroxylation is 1. The number of hydrogen-bond acceptors (Lipinski definition) is 5. The minimum atomic E-state index is -0.0855. The summed E-state index contributed by atoms with van der Waals surface area (Å²) in [6, 6.07) is 8.38. The Kier molecular flexibility index (Phi) is 4.54. The van der Waals surface area contributed by atoms with Crippen LogP contribution in [0.3, 0.4) is 0 Å². The molecule has 3 heterocycles. The maximum absolute atomic E-state index is 5.86. The number of morpholine rings is 1. The highest BCUT2D eigenvalue weighted by atomic mass is 16.5. The van der Waals surface area contributed by atoms with E-state index < -0.39 is 0 Å². The van der Waals surface area contributed by atoms with Crippen molar-refractivity contribution in [3.63, 3.8) is 0 Å². The van der Waals surface area contributed by atoms with Crippen molar-refractivity contribution in [2.75, 3.05) is 46.1 Å². The zero-order valence-electron chi connectivity index (χ0n) is 14.3. The molecular weight excluding hydrogens is 304 g/mol. The number of aromatic nitrogens is 2. The molecule has 24 heavy (non-hydrogen) atoms. The Bertz CT molecular complexity index is 693. The summed E-state index contributed by atoms with van der Waals surface area (Å²) in [6.07, 6.45) is 0. The van der Waals surface area contributed by atoms with Crippen molar-refractivity contribution in [1.82, 2.24) is 19.8 Å². The standard InChI is InChI=1S/C18H26N4O2/c1-2-22-16-6-4-3-5-15(16)20-17(22)11-21-8-10-24-14-18(12-21)13-23-9-7-19-18/h3-6,19H,2,7-14H2,1H3. The highest BCUT2D eigenvalue weighted by molar-refractivity contribution is 5.75. The summed E-state index contributed by atoms with van der Waals surface area (Å²) < 4.78 is 13.9. The lowest BCUT2D eigenvalue weighted by Gasteiger charge is -2.39. The van der Waals surface area contributed by atoms with Crippen LogP contribution in [0, 0.1) is 0 Å². The first kappa shape index (κ1) is 16.0. The fraction of sp³-hybridized carbons (Fsp3) is 0.611. The van der Waals surface area contributed by atoms with Gasteiger partial charge in [-0.15, -0.1) is 0 Å². The molecule has 1 aromatic carbocycles. The molecular formula is C18H26N4O2. The van der Waals surface area contributed by atoms with Gasteiger partial charge in [0.2, 0.25) is 0 Å². The van der Waals surface area contributed by atoms with E-state index >= 15 is 0 Å². The van der Waals surface area contributed by atoms with E-state index in [9.17, 15) is 0 Å². The van der Waals surface area contributed by atoms with Crippen LogP contribution < -0.4 is 5.32 Å². The number of nitrogens with zero attached hydrogens (tertiary/aromatic N) is 3. The van der Waals surface area contributed by atoms with E-state index in [1.54, 1.807) is 0 Å². The third-order valence-electron chi connectivity index (χ3n) is 5.00. The molecule has 2 aliphatic heterocycles. The number of nitrogens with one attached hydrogen (secondary N) is 1. The Labute approximate surface area is 142 Å². The third-order valence-corrected chi connectivity index (χ3v) is 5.00. The van der Waals surface area contributed by atoms with E-state index in [0.717, 1.165) is 57.3 Å². The van der Waals surface area contributed by atoms with E-state index in [4.69, 9.17) is 14.5 Å². The Hall–Kier alpha value is -1.47. The number of ether oxygens (including phenoxy) is 2. The van der Waals surface area contributed by atoms with Crippen LogP contribution in [-0.4, -0.2) is 66.1 Å². The Morgan fingerprint density at radius 3 is 2.88 bits per heavy atom. The lowest BCUT2D eigenvalue weighted by molar-refractivity contribution is -0.0162. The summed E-state index contributed by atoms with van der Waals surface area (Å²) in [4.78, 5) is 7.32. The van der Waals surface area contributed by atoms with Crippen LogP contribution in [0.25, 0.3) is 11.0 Å². The van der Waals surface area contributed by atoms with E-state index in [0.29, 0.717) is 13.2 Å². The minimum absolute atomic E-state index is 0.0855. The van der Waals surface area contributed by atoms with Gasteiger partial charge < -0.3 is 19.4 Å². The molecule has 2 fully saturated rings. The first-order chi connectivity index (χ1) is 11.8. The van der Waals surface area contributed by atoms with Gasteiger partial charge in [-0.05, 0) is 19.1 Å². The normalized spacial score (nSPS) is 26.0. The van der Waals surface area contributed by atoms with Crippen molar-refractivity contribution < 1.29 is 9.47 Å². The zero-order chi connectivity index (χ0) is 16.4. The number of benzene rings is 1. The molecule has 1 N–H and O–H groups in total. The summed E-state index contributed by atoms with van der Waals surface area (Å²) in [7, 11) is 0. The summed E-state index contributed by atoms with van der Waals surface area (Å²) in [5.74, 6) is 1.13. The highest BCUT2D eigenvalue weighted by Gasteiger charge is 2.37. The maximum atomic E-state index is 5.86. The molecule has 0 radical (unpaired) electrons. The second-order valence-electron chi connectivity index (χ2n) is 6.78. The topological polar surface area (TPSA) is 51.5 Å². The van der Waals surface area contributed by atoms with Crippen molar-refractivity contribution in [1.29, 1.82) is 0 Å². The molecule has 2 aliphatic rings. The monoisotopic (exact) mass is 330 g/mol. The lowest BCUT2D eigenvalue weighted by Crippen LogP contribution is -2.61. The van der Waals surface area contributed by atoms with Gasteiger partial charge in [0.1, 0.15) is 5.82 Å². The molecule has 0 saturated carbocycles. The van der Waals surface area contributed by atoms with Gasteiger partial charge in [0.25, 0.3) is 0 Å². The average molecular weight is 330 g/mol. The molecule has 2 saturated heterocycles. The Balaban J connectivity index is 1.57. The molecule has 130 valence electrons. The second kappa shape index (κ2) is 6.80. The van der Waals surface area contributed by atoms with Gasteiger partial charge in [-0.2, -0.15) is 0 Å². The molecule has 0 amide bonds. The van der Waals surface area contributed by atoms with Crippen molar-refractivity contribution in [3.8, 4) is 0 Å². The number of imidazole rings is 1. The highest BCUT2D eigenvalue weighted by Crippen LogP contribution is 2.20. The van der Waals surface area contributed by atoms with Crippen LogP contribution in [0.2, 0.25) is 0 Å². The predicted octanol–water partition coefficient (Wildman–Crippen LogP) is 1.25. The van der Waals surface area contributed by atoms with Crippen molar-refractivity contribution in [3.05, 3.63) is 30.1 Å². The van der Waals surface area contributed by atoms with Gasteiger partial charge in [-0.1, -0.05) is 12.1 Å². The van der Waals surface area contributed by atoms with Crippen LogP contribution in [0.1, 0.15) is 12.7 Å².